The number of carbonyl (C=O) groups excluding carboxylic acids is 3. The minimum atomic E-state index is -0.899. The summed E-state index contributed by atoms with van der Waals surface area (Å²) in [5, 5.41) is 5.79. The Hall–Kier alpha value is -3.20. The first kappa shape index (κ1) is 34.0. The van der Waals surface area contributed by atoms with Gasteiger partial charge in [0.15, 0.2) is 0 Å². The molecule has 2 aromatic rings. The number of rotatable bonds is 15. The molecule has 0 saturated heterocycles. The van der Waals surface area contributed by atoms with E-state index in [0.717, 1.165) is 31.2 Å². The van der Waals surface area contributed by atoms with Crippen molar-refractivity contribution in [2.24, 2.45) is 0 Å². The number of ether oxygens (including phenoxy) is 2. The normalized spacial score (nSPS) is 12.7. The maximum atomic E-state index is 14.3. The van der Waals surface area contributed by atoms with Crippen molar-refractivity contribution >= 4 is 35.4 Å². The lowest BCUT2D eigenvalue weighted by atomic mass is 10.00. The van der Waals surface area contributed by atoms with Crippen LogP contribution in [0.3, 0.4) is 0 Å². The monoisotopic (exact) mass is 585 g/mol. The molecule has 0 bridgehead atoms. The number of aryl methyl sites for hydroxylation is 1. The molecular weight excluding hydrogens is 538 g/mol. The quantitative estimate of drug-likeness (QED) is 0.225. The average Bonchev–Trinajstić information content (AvgIpc) is 2.92. The number of nitrogens with one attached hydrogen (secondary N) is 2. The molecule has 41 heavy (non-hydrogen) atoms. The molecule has 2 unspecified atom stereocenters. The Morgan fingerprint density at radius 3 is 2.20 bits per heavy atom. The van der Waals surface area contributed by atoms with Crippen LogP contribution < -0.4 is 15.4 Å². The van der Waals surface area contributed by atoms with Gasteiger partial charge in [-0.2, -0.15) is 11.8 Å². The van der Waals surface area contributed by atoms with Crippen LogP contribution in [-0.2, 0) is 14.3 Å². The van der Waals surface area contributed by atoms with Crippen LogP contribution in [0.25, 0.3) is 0 Å². The van der Waals surface area contributed by atoms with Crippen molar-refractivity contribution in [3.8, 4) is 5.75 Å². The first-order valence-corrected chi connectivity index (χ1v) is 15.7. The summed E-state index contributed by atoms with van der Waals surface area (Å²) in [6.45, 7) is 9.82. The Morgan fingerprint density at radius 2 is 1.63 bits per heavy atom. The number of nitrogens with zero attached hydrogens (tertiary/aromatic N) is 1. The average molecular weight is 586 g/mol. The van der Waals surface area contributed by atoms with Crippen molar-refractivity contribution in [3.05, 3.63) is 59.7 Å². The topological polar surface area (TPSA) is 97.0 Å². The molecule has 0 spiro atoms. The van der Waals surface area contributed by atoms with Gasteiger partial charge in [-0.3, -0.25) is 9.59 Å². The van der Waals surface area contributed by atoms with Gasteiger partial charge in [0, 0.05) is 12.2 Å². The highest BCUT2D eigenvalue weighted by atomic mass is 32.2. The fourth-order valence-corrected chi connectivity index (χ4v) is 4.80. The van der Waals surface area contributed by atoms with E-state index in [2.05, 4.69) is 17.6 Å². The summed E-state index contributed by atoms with van der Waals surface area (Å²) >= 11 is 1.59. The van der Waals surface area contributed by atoms with Gasteiger partial charge < -0.3 is 25.0 Å². The van der Waals surface area contributed by atoms with Crippen LogP contribution in [0.15, 0.2) is 48.5 Å². The summed E-state index contributed by atoms with van der Waals surface area (Å²) in [6.07, 6.45) is 5.44. The highest BCUT2D eigenvalue weighted by Gasteiger charge is 2.36. The highest BCUT2D eigenvalue weighted by Crippen LogP contribution is 2.27. The number of alkyl carbamates (subject to hydrolysis) is 1. The zero-order chi connectivity index (χ0) is 30.4. The van der Waals surface area contributed by atoms with Crippen molar-refractivity contribution in [1.82, 2.24) is 10.2 Å². The molecule has 2 rings (SSSR count). The molecule has 0 radical (unpaired) electrons. The molecular formula is C32H47N3O5S. The molecule has 3 amide bonds. The fraction of sp³-hybridized carbons (Fsp3) is 0.531. The van der Waals surface area contributed by atoms with Gasteiger partial charge in [-0.1, -0.05) is 56.0 Å². The predicted molar refractivity (Wildman–Crippen MR) is 168 cm³/mol. The predicted octanol–water partition coefficient (Wildman–Crippen LogP) is 6.74. The van der Waals surface area contributed by atoms with Crippen LogP contribution in [0.5, 0.6) is 5.75 Å². The van der Waals surface area contributed by atoms with Gasteiger partial charge in [0.05, 0.1) is 7.11 Å². The van der Waals surface area contributed by atoms with Crippen molar-refractivity contribution in [2.45, 2.75) is 84.4 Å². The molecule has 0 aromatic heterocycles. The zero-order valence-electron chi connectivity index (χ0n) is 25.6. The fourth-order valence-electron chi connectivity index (χ4n) is 4.33. The molecule has 2 atom stereocenters. The summed E-state index contributed by atoms with van der Waals surface area (Å²) in [4.78, 5) is 42.7. The van der Waals surface area contributed by atoms with E-state index in [-0.39, 0.29) is 11.8 Å². The largest absolute Gasteiger partial charge is 0.497 e. The number of hydrogen-bond donors (Lipinski definition) is 2. The summed E-state index contributed by atoms with van der Waals surface area (Å²) in [5.74, 6) is 0.694. The van der Waals surface area contributed by atoms with Crippen molar-refractivity contribution in [1.29, 1.82) is 0 Å². The summed E-state index contributed by atoms with van der Waals surface area (Å²) in [6, 6.07) is 13.0. The second kappa shape index (κ2) is 16.9. The number of thioether (sulfide) groups is 1. The van der Waals surface area contributed by atoms with E-state index in [1.165, 1.54) is 0 Å². The Balaban J connectivity index is 2.50. The van der Waals surface area contributed by atoms with E-state index in [1.807, 2.05) is 37.4 Å². The third kappa shape index (κ3) is 11.7. The van der Waals surface area contributed by atoms with Crippen LogP contribution in [0.1, 0.15) is 77.0 Å². The molecule has 2 aromatic carbocycles. The number of carbonyl (C=O) groups is 3. The molecule has 2 N–H and O–H groups in total. The zero-order valence-corrected chi connectivity index (χ0v) is 26.4. The smallest absolute Gasteiger partial charge is 0.408 e. The van der Waals surface area contributed by atoms with E-state index < -0.39 is 23.8 Å². The SMILES string of the molecule is CCCCCCN(C(=O)C(CCSC)NC(=O)OC(C)(C)C)C(C(=O)Nc1ccc(OC)cc1)c1ccc(C)cc1. The minimum Gasteiger partial charge on any atom is -0.497 e. The third-order valence-electron chi connectivity index (χ3n) is 6.45. The molecule has 0 heterocycles. The molecule has 9 heteroatoms. The van der Waals surface area contributed by atoms with Crippen molar-refractivity contribution in [3.63, 3.8) is 0 Å². The van der Waals surface area contributed by atoms with E-state index >= 15 is 0 Å². The minimum absolute atomic E-state index is 0.308. The molecule has 226 valence electrons. The second-order valence-electron chi connectivity index (χ2n) is 11.1. The number of hydrogen-bond acceptors (Lipinski definition) is 6. The lowest BCUT2D eigenvalue weighted by Gasteiger charge is -2.34. The van der Waals surface area contributed by atoms with Gasteiger partial charge >= 0.3 is 6.09 Å². The maximum absolute atomic E-state index is 14.3. The van der Waals surface area contributed by atoms with Gasteiger partial charge in [0.1, 0.15) is 23.4 Å². The third-order valence-corrected chi connectivity index (χ3v) is 7.09. The Kier molecular flexibility index (Phi) is 14.0. The van der Waals surface area contributed by atoms with E-state index in [0.29, 0.717) is 35.7 Å². The Labute approximate surface area is 249 Å². The Bertz CT molecular complexity index is 1100. The van der Waals surface area contributed by atoms with Gasteiger partial charge in [-0.15, -0.1) is 0 Å². The molecule has 0 aliphatic heterocycles. The van der Waals surface area contributed by atoms with Gasteiger partial charge in [-0.05, 0) is 82.4 Å². The molecule has 0 fully saturated rings. The molecule has 0 aliphatic rings. The van der Waals surface area contributed by atoms with Crippen LogP contribution in [0.4, 0.5) is 10.5 Å². The van der Waals surface area contributed by atoms with Gasteiger partial charge in [0.2, 0.25) is 5.91 Å². The van der Waals surface area contributed by atoms with Gasteiger partial charge in [-0.25, -0.2) is 4.79 Å². The van der Waals surface area contributed by atoms with Gasteiger partial charge in [0.25, 0.3) is 5.91 Å². The van der Waals surface area contributed by atoms with E-state index in [9.17, 15) is 14.4 Å². The summed E-state index contributed by atoms with van der Waals surface area (Å²) in [5.41, 5.74) is 1.64. The van der Waals surface area contributed by atoms with Crippen molar-refractivity contribution in [2.75, 3.05) is 31.0 Å². The first-order chi connectivity index (χ1) is 19.5. The van der Waals surface area contributed by atoms with E-state index in [4.69, 9.17) is 9.47 Å². The van der Waals surface area contributed by atoms with Crippen LogP contribution in [-0.4, -0.2) is 60.1 Å². The summed E-state index contributed by atoms with van der Waals surface area (Å²) < 4.78 is 10.7. The summed E-state index contributed by atoms with van der Waals surface area (Å²) in [7, 11) is 1.59. The van der Waals surface area contributed by atoms with Crippen LogP contribution in [0, 0.1) is 6.92 Å². The lowest BCUT2D eigenvalue weighted by molar-refractivity contribution is -0.141. The van der Waals surface area contributed by atoms with Crippen LogP contribution in [0.2, 0.25) is 0 Å². The van der Waals surface area contributed by atoms with Crippen LogP contribution >= 0.6 is 11.8 Å². The Morgan fingerprint density at radius 1 is 0.976 bits per heavy atom. The maximum Gasteiger partial charge on any atom is 0.408 e. The number of anilines is 1. The number of benzene rings is 2. The van der Waals surface area contributed by atoms with Crippen molar-refractivity contribution < 1.29 is 23.9 Å². The lowest BCUT2D eigenvalue weighted by Crippen LogP contribution is -2.52. The number of unbranched alkanes of at least 4 members (excludes halogenated alkanes) is 3. The number of methoxy groups -OCH3 is 1. The molecule has 0 aliphatic carbocycles. The highest BCUT2D eigenvalue weighted by molar-refractivity contribution is 7.98. The van der Waals surface area contributed by atoms with E-state index in [1.54, 1.807) is 68.8 Å². The second-order valence-corrected chi connectivity index (χ2v) is 12.1. The number of amides is 3. The first-order valence-electron chi connectivity index (χ1n) is 14.3. The molecule has 8 nitrogen and oxygen atoms in total. The standard InChI is InChI=1S/C32H47N3O5S/c1-8-9-10-11-21-35(30(37)27(20-22-41-7)34-31(38)40-32(3,4)5)28(24-14-12-23(2)13-15-24)29(36)33-25-16-18-26(39-6)19-17-25/h12-19,27-28H,8-11,20-22H2,1-7H3,(H,33,36)(H,34,38). The molecule has 0 saturated carbocycles.